The van der Waals surface area contributed by atoms with Crippen molar-refractivity contribution in [1.82, 2.24) is 4.90 Å². The molecule has 3 nitrogen and oxygen atoms in total. The summed E-state index contributed by atoms with van der Waals surface area (Å²) in [5.41, 5.74) is -0.654. The van der Waals surface area contributed by atoms with Crippen LogP contribution in [0, 0.1) is 5.41 Å². The summed E-state index contributed by atoms with van der Waals surface area (Å²) in [6.07, 6.45) is 1.63. The summed E-state index contributed by atoms with van der Waals surface area (Å²) in [5, 5.41) is 11.4. The Bertz CT molecular complexity index is 377. The first-order valence-electron chi connectivity index (χ1n) is 6.35. The van der Waals surface area contributed by atoms with Gasteiger partial charge in [-0.3, -0.25) is 4.79 Å². The van der Waals surface area contributed by atoms with Crippen LogP contribution in [0.5, 0.6) is 0 Å². The molecule has 1 aromatic rings. The Morgan fingerprint density at radius 1 is 1.61 bits per heavy atom. The summed E-state index contributed by atoms with van der Waals surface area (Å²) in [7, 11) is 2.01. The van der Waals surface area contributed by atoms with E-state index in [0.717, 1.165) is 6.42 Å². The Hall–Kier alpha value is -0.870. The smallest absolute Gasteiger partial charge is 0.310 e. The minimum Gasteiger partial charge on any atom is -0.481 e. The highest BCUT2D eigenvalue weighted by molar-refractivity contribution is 7.09. The number of thiophene rings is 1. The van der Waals surface area contributed by atoms with Gasteiger partial charge in [-0.15, -0.1) is 11.3 Å². The third-order valence-electron chi connectivity index (χ3n) is 3.72. The predicted molar refractivity (Wildman–Crippen MR) is 76.1 cm³/mol. The van der Waals surface area contributed by atoms with Gasteiger partial charge in [-0.2, -0.15) is 0 Å². The molecule has 0 aliphatic heterocycles. The van der Waals surface area contributed by atoms with Crippen molar-refractivity contribution in [3.63, 3.8) is 0 Å². The van der Waals surface area contributed by atoms with E-state index in [-0.39, 0.29) is 0 Å². The summed E-state index contributed by atoms with van der Waals surface area (Å²) in [4.78, 5) is 14.8. The van der Waals surface area contributed by atoms with Gasteiger partial charge in [0.05, 0.1) is 5.41 Å². The summed E-state index contributed by atoms with van der Waals surface area (Å²) in [6.45, 7) is 6.50. The number of aliphatic carboxylic acids is 1. The second-order valence-electron chi connectivity index (χ2n) is 5.27. The molecule has 0 saturated carbocycles. The van der Waals surface area contributed by atoms with Gasteiger partial charge in [0.25, 0.3) is 0 Å². The van der Waals surface area contributed by atoms with Crippen molar-refractivity contribution in [2.24, 2.45) is 5.41 Å². The molecule has 0 saturated heterocycles. The maximum absolute atomic E-state index is 11.3. The van der Waals surface area contributed by atoms with Crippen molar-refractivity contribution in [3.8, 4) is 0 Å². The van der Waals surface area contributed by atoms with E-state index in [0.29, 0.717) is 19.0 Å². The zero-order chi connectivity index (χ0) is 13.8. The van der Waals surface area contributed by atoms with Crippen LogP contribution in [0.15, 0.2) is 17.5 Å². The molecule has 0 spiro atoms. The quantitative estimate of drug-likeness (QED) is 0.827. The van der Waals surface area contributed by atoms with Crippen molar-refractivity contribution in [2.75, 3.05) is 13.6 Å². The first kappa shape index (κ1) is 15.2. The zero-order valence-electron chi connectivity index (χ0n) is 11.6. The highest BCUT2D eigenvalue weighted by Gasteiger charge is 2.33. The van der Waals surface area contributed by atoms with Crippen molar-refractivity contribution in [2.45, 2.75) is 39.7 Å². The molecular weight excluding hydrogens is 246 g/mol. The topological polar surface area (TPSA) is 40.5 Å². The molecule has 0 fully saturated rings. The standard InChI is InChI=1S/C14H23NO2S/c1-5-14(3,13(16)17)10-15(4)11(2)9-12-7-6-8-18-12/h6-8,11H,5,9-10H2,1-4H3,(H,16,17). The maximum Gasteiger partial charge on any atom is 0.310 e. The maximum atomic E-state index is 11.3. The van der Waals surface area contributed by atoms with Crippen LogP contribution in [0.25, 0.3) is 0 Å². The number of nitrogens with zero attached hydrogens (tertiary/aromatic N) is 1. The molecule has 0 aromatic carbocycles. The van der Waals surface area contributed by atoms with E-state index in [1.807, 2.05) is 20.9 Å². The van der Waals surface area contributed by atoms with E-state index in [2.05, 4.69) is 29.3 Å². The fourth-order valence-corrected chi connectivity index (χ4v) is 2.74. The number of rotatable bonds is 7. The van der Waals surface area contributed by atoms with Crippen LogP contribution in [0.2, 0.25) is 0 Å². The van der Waals surface area contributed by atoms with Gasteiger partial charge in [0.2, 0.25) is 0 Å². The Morgan fingerprint density at radius 3 is 2.72 bits per heavy atom. The van der Waals surface area contributed by atoms with E-state index in [1.165, 1.54) is 4.88 Å². The number of carboxylic acids is 1. The Labute approximate surface area is 113 Å². The molecule has 4 heteroatoms. The lowest BCUT2D eigenvalue weighted by Gasteiger charge is -2.32. The average molecular weight is 269 g/mol. The number of carboxylic acid groups (broad SMARTS) is 1. The minimum absolute atomic E-state index is 0.355. The van der Waals surface area contributed by atoms with Gasteiger partial charge in [0, 0.05) is 17.5 Å². The van der Waals surface area contributed by atoms with Crippen LogP contribution >= 0.6 is 11.3 Å². The lowest BCUT2D eigenvalue weighted by molar-refractivity contribution is -0.149. The van der Waals surface area contributed by atoms with Gasteiger partial charge in [-0.05, 0) is 45.2 Å². The molecule has 0 radical (unpaired) electrons. The lowest BCUT2D eigenvalue weighted by atomic mass is 9.86. The van der Waals surface area contributed by atoms with Crippen LogP contribution in [-0.2, 0) is 11.2 Å². The Kier molecular flexibility index (Phi) is 5.35. The van der Waals surface area contributed by atoms with Crippen molar-refractivity contribution in [1.29, 1.82) is 0 Å². The van der Waals surface area contributed by atoms with Gasteiger partial charge in [-0.1, -0.05) is 13.0 Å². The van der Waals surface area contributed by atoms with Crippen LogP contribution in [-0.4, -0.2) is 35.6 Å². The second kappa shape index (κ2) is 6.34. The first-order chi connectivity index (χ1) is 8.39. The van der Waals surface area contributed by atoms with Crippen molar-refractivity contribution in [3.05, 3.63) is 22.4 Å². The molecule has 0 aliphatic carbocycles. The van der Waals surface area contributed by atoms with E-state index in [9.17, 15) is 9.90 Å². The molecular formula is C14H23NO2S. The van der Waals surface area contributed by atoms with E-state index < -0.39 is 11.4 Å². The molecule has 1 aromatic heterocycles. The van der Waals surface area contributed by atoms with Gasteiger partial charge in [0.1, 0.15) is 0 Å². The van der Waals surface area contributed by atoms with Gasteiger partial charge in [-0.25, -0.2) is 0 Å². The number of likely N-dealkylation sites (N-methyl/N-ethyl adjacent to an activating group) is 1. The Morgan fingerprint density at radius 2 is 2.28 bits per heavy atom. The largest absolute Gasteiger partial charge is 0.481 e. The number of hydrogen-bond donors (Lipinski definition) is 1. The van der Waals surface area contributed by atoms with Gasteiger partial charge >= 0.3 is 5.97 Å². The van der Waals surface area contributed by atoms with Gasteiger partial charge in [0.15, 0.2) is 0 Å². The van der Waals surface area contributed by atoms with E-state index in [4.69, 9.17) is 0 Å². The zero-order valence-corrected chi connectivity index (χ0v) is 12.5. The highest BCUT2D eigenvalue weighted by atomic mass is 32.1. The normalized spacial score (nSPS) is 16.5. The molecule has 0 amide bonds. The van der Waals surface area contributed by atoms with Crippen LogP contribution in [0.1, 0.15) is 32.1 Å². The molecule has 18 heavy (non-hydrogen) atoms. The monoisotopic (exact) mass is 269 g/mol. The molecule has 1 heterocycles. The summed E-state index contributed by atoms with van der Waals surface area (Å²) >= 11 is 1.76. The molecule has 102 valence electrons. The lowest BCUT2D eigenvalue weighted by Crippen LogP contribution is -2.43. The Balaban J connectivity index is 2.58. The fourth-order valence-electron chi connectivity index (χ4n) is 1.91. The molecule has 0 bridgehead atoms. The molecule has 1 N–H and O–H groups in total. The average Bonchev–Trinajstić information content (AvgIpc) is 2.81. The van der Waals surface area contributed by atoms with Crippen LogP contribution in [0.3, 0.4) is 0 Å². The summed E-state index contributed by atoms with van der Waals surface area (Å²) in [5.74, 6) is -0.708. The van der Waals surface area contributed by atoms with Crippen molar-refractivity contribution < 1.29 is 9.90 Å². The molecule has 1 rings (SSSR count). The summed E-state index contributed by atoms with van der Waals surface area (Å²) in [6, 6.07) is 4.54. The van der Waals surface area contributed by atoms with Gasteiger partial charge < -0.3 is 10.0 Å². The number of carbonyl (C=O) groups is 1. The van der Waals surface area contributed by atoms with Crippen molar-refractivity contribution >= 4 is 17.3 Å². The predicted octanol–water partition coefficient (Wildman–Crippen LogP) is 3.11. The highest BCUT2D eigenvalue weighted by Crippen LogP contribution is 2.24. The molecule has 2 unspecified atom stereocenters. The SMILES string of the molecule is CCC(C)(CN(C)C(C)Cc1cccs1)C(=O)O. The van der Waals surface area contributed by atoms with Crippen LogP contribution in [0.4, 0.5) is 0 Å². The number of hydrogen-bond acceptors (Lipinski definition) is 3. The second-order valence-corrected chi connectivity index (χ2v) is 6.30. The van der Waals surface area contributed by atoms with E-state index >= 15 is 0 Å². The molecule has 2 atom stereocenters. The van der Waals surface area contributed by atoms with Crippen LogP contribution < -0.4 is 0 Å². The third-order valence-corrected chi connectivity index (χ3v) is 4.62. The minimum atomic E-state index is -0.708. The third kappa shape index (κ3) is 3.82. The fraction of sp³-hybridized carbons (Fsp3) is 0.643. The first-order valence-corrected chi connectivity index (χ1v) is 7.23. The molecule has 0 aliphatic rings. The summed E-state index contributed by atoms with van der Waals surface area (Å²) < 4.78 is 0. The van der Waals surface area contributed by atoms with E-state index in [1.54, 1.807) is 11.3 Å².